The number of hydrazine groups is 1. The Labute approximate surface area is 101 Å². The molecule has 4 nitrogen and oxygen atoms in total. The fourth-order valence-corrected chi connectivity index (χ4v) is 2.92. The molecule has 0 unspecified atom stereocenters. The van der Waals surface area contributed by atoms with E-state index in [-0.39, 0.29) is 11.4 Å². The molecule has 0 atom stereocenters. The fraction of sp³-hybridized carbons (Fsp3) is 0.462. The summed E-state index contributed by atoms with van der Waals surface area (Å²) < 4.78 is 0. The van der Waals surface area contributed by atoms with Gasteiger partial charge in [0.2, 0.25) is 5.91 Å². The van der Waals surface area contributed by atoms with Crippen LogP contribution in [-0.2, 0) is 4.79 Å². The lowest BCUT2D eigenvalue weighted by Gasteiger charge is -2.25. The van der Waals surface area contributed by atoms with Crippen molar-refractivity contribution in [3.05, 3.63) is 24.3 Å². The molecule has 4 heteroatoms. The molecule has 90 valence electrons. The molecule has 3 N–H and O–H groups in total. The first-order valence-electron chi connectivity index (χ1n) is 6.15. The van der Waals surface area contributed by atoms with Gasteiger partial charge in [0.05, 0.1) is 5.69 Å². The molecule has 1 heterocycles. The molecule has 1 aliphatic heterocycles. The lowest BCUT2D eigenvalue weighted by molar-refractivity contribution is -0.117. The van der Waals surface area contributed by atoms with Gasteiger partial charge in [-0.05, 0) is 31.0 Å². The van der Waals surface area contributed by atoms with Crippen molar-refractivity contribution in [2.45, 2.75) is 37.6 Å². The van der Waals surface area contributed by atoms with Gasteiger partial charge in [0.15, 0.2) is 0 Å². The Morgan fingerprint density at radius 3 is 2.76 bits per heavy atom. The lowest BCUT2D eigenvalue weighted by Crippen LogP contribution is -2.44. The molecule has 3 rings (SSSR count). The minimum Gasteiger partial charge on any atom is -0.399 e. The molecular formula is C13H17N3O. The zero-order chi connectivity index (χ0) is 11.9. The van der Waals surface area contributed by atoms with Crippen molar-refractivity contribution >= 4 is 17.3 Å². The number of carbonyl (C=O) groups is 1. The number of carbonyl (C=O) groups excluding carboxylic acids is 1. The Balaban J connectivity index is 1.87. The fourth-order valence-electron chi connectivity index (χ4n) is 2.92. The number of anilines is 2. The van der Waals surface area contributed by atoms with Crippen molar-refractivity contribution < 1.29 is 4.79 Å². The summed E-state index contributed by atoms with van der Waals surface area (Å²) in [6, 6.07) is 7.45. The van der Waals surface area contributed by atoms with E-state index < -0.39 is 0 Å². The van der Waals surface area contributed by atoms with Crippen LogP contribution >= 0.6 is 0 Å². The Hall–Kier alpha value is -1.55. The summed E-state index contributed by atoms with van der Waals surface area (Å²) in [5.74, 6) is 0.150. The number of benzene rings is 1. The monoisotopic (exact) mass is 231 g/mol. The van der Waals surface area contributed by atoms with E-state index in [1.54, 1.807) is 5.01 Å². The molecule has 2 aliphatic rings. The quantitative estimate of drug-likeness (QED) is 0.725. The van der Waals surface area contributed by atoms with Crippen molar-refractivity contribution in [2.75, 3.05) is 10.7 Å². The van der Waals surface area contributed by atoms with E-state index in [0.29, 0.717) is 12.1 Å². The van der Waals surface area contributed by atoms with Crippen LogP contribution in [0.5, 0.6) is 0 Å². The number of nitrogens with one attached hydrogen (secondary N) is 1. The molecule has 1 saturated carbocycles. The second kappa shape index (κ2) is 3.74. The predicted octanol–water partition coefficient (Wildman–Crippen LogP) is 1.82. The van der Waals surface area contributed by atoms with Gasteiger partial charge in [0.1, 0.15) is 0 Å². The molecule has 1 amide bonds. The molecule has 1 spiro atoms. The molecule has 0 aromatic heterocycles. The van der Waals surface area contributed by atoms with E-state index in [4.69, 9.17) is 5.73 Å². The van der Waals surface area contributed by atoms with Crippen LogP contribution in [0.4, 0.5) is 11.4 Å². The van der Waals surface area contributed by atoms with Crippen LogP contribution in [0.25, 0.3) is 0 Å². The molecule has 1 aliphatic carbocycles. The zero-order valence-corrected chi connectivity index (χ0v) is 9.78. The van der Waals surface area contributed by atoms with Gasteiger partial charge in [-0.1, -0.05) is 18.9 Å². The average molecular weight is 231 g/mol. The maximum atomic E-state index is 12.1. The predicted molar refractivity (Wildman–Crippen MR) is 67.3 cm³/mol. The van der Waals surface area contributed by atoms with Gasteiger partial charge in [-0.15, -0.1) is 0 Å². The third-order valence-corrected chi connectivity index (χ3v) is 3.78. The number of nitrogens with zero attached hydrogens (tertiary/aromatic N) is 1. The number of nitrogen functional groups attached to an aromatic ring is 1. The van der Waals surface area contributed by atoms with Crippen LogP contribution in [0, 0.1) is 0 Å². The van der Waals surface area contributed by atoms with Crippen LogP contribution in [0.1, 0.15) is 32.1 Å². The maximum Gasteiger partial charge on any atom is 0.243 e. The first kappa shape index (κ1) is 10.6. The normalized spacial score (nSPS) is 22.6. The summed E-state index contributed by atoms with van der Waals surface area (Å²) in [6.07, 6.45) is 5.23. The van der Waals surface area contributed by atoms with Crippen molar-refractivity contribution in [3.8, 4) is 0 Å². The SMILES string of the molecule is Nc1cccc(N2NC3(CCCC3)CC2=O)c1. The standard InChI is InChI=1S/C13H17N3O/c14-10-4-3-5-11(8-10)16-12(17)9-13(15-16)6-1-2-7-13/h3-5,8,15H,1-2,6-7,9,14H2. The van der Waals surface area contributed by atoms with E-state index >= 15 is 0 Å². The third kappa shape index (κ3) is 1.78. The number of hydrogen-bond donors (Lipinski definition) is 2. The van der Waals surface area contributed by atoms with Gasteiger partial charge in [-0.2, -0.15) is 0 Å². The molecular weight excluding hydrogens is 214 g/mol. The summed E-state index contributed by atoms with van der Waals surface area (Å²) in [6.45, 7) is 0. The zero-order valence-electron chi connectivity index (χ0n) is 9.78. The van der Waals surface area contributed by atoms with E-state index in [1.165, 1.54) is 12.8 Å². The highest BCUT2D eigenvalue weighted by Gasteiger charge is 2.44. The molecule has 1 aromatic carbocycles. The Morgan fingerprint density at radius 2 is 2.06 bits per heavy atom. The molecule has 2 fully saturated rings. The summed E-state index contributed by atoms with van der Waals surface area (Å²) in [5.41, 5.74) is 10.7. The number of nitrogens with two attached hydrogens (primary N) is 1. The van der Waals surface area contributed by atoms with Gasteiger partial charge in [-0.25, -0.2) is 10.4 Å². The summed E-state index contributed by atoms with van der Waals surface area (Å²) in [5, 5.41) is 1.67. The first-order valence-corrected chi connectivity index (χ1v) is 6.15. The van der Waals surface area contributed by atoms with Crippen LogP contribution in [0.2, 0.25) is 0 Å². The minimum atomic E-state index is 0.0156. The van der Waals surface area contributed by atoms with E-state index in [1.807, 2.05) is 24.3 Å². The van der Waals surface area contributed by atoms with Crippen molar-refractivity contribution in [3.63, 3.8) is 0 Å². The second-order valence-electron chi connectivity index (χ2n) is 5.10. The highest BCUT2D eigenvalue weighted by Crippen LogP contribution is 2.38. The molecule has 17 heavy (non-hydrogen) atoms. The first-order chi connectivity index (χ1) is 8.19. The van der Waals surface area contributed by atoms with Crippen molar-refractivity contribution in [1.29, 1.82) is 0 Å². The number of rotatable bonds is 1. The smallest absolute Gasteiger partial charge is 0.243 e. The Kier molecular flexibility index (Phi) is 2.33. The molecule has 1 aromatic rings. The Bertz CT molecular complexity index is 452. The Morgan fingerprint density at radius 1 is 1.29 bits per heavy atom. The van der Waals surface area contributed by atoms with Gasteiger partial charge in [-0.3, -0.25) is 4.79 Å². The van der Waals surface area contributed by atoms with Crippen LogP contribution < -0.4 is 16.2 Å². The van der Waals surface area contributed by atoms with E-state index in [2.05, 4.69) is 5.43 Å². The number of amides is 1. The minimum absolute atomic E-state index is 0.0156. The number of hydrogen-bond acceptors (Lipinski definition) is 3. The molecule has 0 radical (unpaired) electrons. The van der Waals surface area contributed by atoms with E-state index in [9.17, 15) is 4.79 Å². The highest BCUT2D eigenvalue weighted by atomic mass is 16.2. The van der Waals surface area contributed by atoms with Gasteiger partial charge < -0.3 is 5.73 Å². The lowest BCUT2D eigenvalue weighted by atomic mass is 9.96. The van der Waals surface area contributed by atoms with Gasteiger partial charge in [0.25, 0.3) is 0 Å². The summed E-state index contributed by atoms with van der Waals surface area (Å²) in [4.78, 5) is 12.1. The van der Waals surface area contributed by atoms with E-state index in [0.717, 1.165) is 18.5 Å². The largest absolute Gasteiger partial charge is 0.399 e. The van der Waals surface area contributed by atoms with Crippen molar-refractivity contribution in [1.82, 2.24) is 5.43 Å². The van der Waals surface area contributed by atoms with Crippen molar-refractivity contribution in [2.24, 2.45) is 0 Å². The molecule has 1 saturated heterocycles. The van der Waals surface area contributed by atoms with Gasteiger partial charge in [0, 0.05) is 17.6 Å². The van der Waals surface area contributed by atoms with Crippen LogP contribution in [0.3, 0.4) is 0 Å². The van der Waals surface area contributed by atoms with Crippen LogP contribution in [-0.4, -0.2) is 11.4 Å². The average Bonchev–Trinajstić information content (AvgIpc) is 2.87. The highest BCUT2D eigenvalue weighted by molar-refractivity contribution is 5.96. The van der Waals surface area contributed by atoms with Crippen LogP contribution in [0.15, 0.2) is 24.3 Å². The van der Waals surface area contributed by atoms with Gasteiger partial charge >= 0.3 is 0 Å². The maximum absolute atomic E-state index is 12.1. The third-order valence-electron chi connectivity index (χ3n) is 3.78. The summed E-state index contributed by atoms with van der Waals surface area (Å²) in [7, 11) is 0. The molecule has 0 bridgehead atoms. The topological polar surface area (TPSA) is 58.4 Å². The summed E-state index contributed by atoms with van der Waals surface area (Å²) >= 11 is 0. The second-order valence-corrected chi connectivity index (χ2v) is 5.10.